The van der Waals surface area contributed by atoms with Crippen molar-refractivity contribution < 1.29 is 28.6 Å². The van der Waals surface area contributed by atoms with Gasteiger partial charge in [0.05, 0.1) is 0 Å². The second-order valence-corrected chi connectivity index (χ2v) is 4.13. The van der Waals surface area contributed by atoms with Crippen LogP contribution < -0.4 is 0 Å². The number of rotatable bonds is 6. The highest BCUT2D eigenvalue weighted by atomic mass is 31.2. The topological polar surface area (TPSA) is 96.3 Å². The normalized spacial score (nSPS) is 11.9. The van der Waals surface area contributed by atoms with Gasteiger partial charge in [0.2, 0.25) is 6.41 Å². The van der Waals surface area contributed by atoms with Crippen LogP contribution in [-0.2, 0) is 14.0 Å². The maximum Gasteiger partial charge on any atom is 0.413 e. The van der Waals surface area contributed by atoms with Gasteiger partial charge in [0.25, 0.3) is 0 Å². The van der Waals surface area contributed by atoms with Gasteiger partial charge in [-0.3, -0.25) is 9.69 Å². The van der Waals surface area contributed by atoms with E-state index in [9.17, 15) is 9.36 Å². The SMILES string of the molecule is CCOC(OCC)N(C)C(=O)P(=O)(O)O. The largest absolute Gasteiger partial charge is 0.413 e. The molecular weight excluding hydrogens is 225 g/mol. The van der Waals surface area contributed by atoms with Crippen LogP contribution in [0.2, 0.25) is 0 Å². The molecule has 0 heterocycles. The van der Waals surface area contributed by atoms with Crippen LogP contribution in [0, 0.1) is 0 Å². The van der Waals surface area contributed by atoms with Gasteiger partial charge in [-0.1, -0.05) is 0 Å². The molecule has 0 aromatic carbocycles. The lowest BCUT2D eigenvalue weighted by atomic mass is 10.7. The molecule has 7 nitrogen and oxygen atoms in total. The molecular formula is C7H16NO6P. The number of nitrogens with zero attached hydrogens (tertiary/aromatic N) is 1. The molecule has 0 aliphatic carbocycles. The third kappa shape index (κ3) is 4.72. The Morgan fingerprint density at radius 1 is 1.33 bits per heavy atom. The Balaban J connectivity index is 4.55. The van der Waals surface area contributed by atoms with E-state index in [-0.39, 0.29) is 13.2 Å². The van der Waals surface area contributed by atoms with Gasteiger partial charge in [0.15, 0.2) is 0 Å². The van der Waals surface area contributed by atoms with Crippen molar-refractivity contribution in [1.29, 1.82) is 0 Å². The number of carbonyl (C=O) groups excluding carboxylic acids is 1. The zero-order valence-corrected chi connectivity index (χ0v) is 9.81. The molecule has 8 heteroatoms. The Morgan fingerprint density at radius 3 is 2.00 bits per heavy atom. The number of carbonyl (C=O) groups is 1. The van der Waals surface area contributed by atoms with Crippen molar-refractivity contribution in [1.82, 2.24) is 4.90 Å². The van der Waals surface area contributed by atoms with Crippen molar-refractivity contribution in [3.05, 3.63) is 0 Å². The first-order chi connectivity index (χ1) is 6.84. The number of ether oxygens (including phenoxy) is 2. The van der Waals surface area contributed by atoms with E-state index in [0.29, 0.717) is 0 Å². The first kappa shape index (κ1) is 14.5. The van der Waals surface area contributed by atoms with Gasteiger partial charge in [-0.2, -0.15) is 0 Å². The lowest BCUT2D eigenvalue weighted by Crippen LogP contribution is -2.40. The Labute approximate surface area is 88.1 Å². The first-order valence-electron chi connectivity index (χ1n) is 4.40. The van der Waals surface area contributed by atoms with Gasteiger partial charge >= 0.3 is 13.2 Å². The average Bonchev–Trinajstić information content (AvgIpc) is 2.14. The van der Waals surface area contributed by atoms with E-state index >= 15 is 0 Å². The van der Waals surface area contributed by atoms with E-state index < -0.39 is 19.7 Å². The van der Waals surface area contributed by atoms with Crippen LogP contribution in [-0.4, -0.2) is 47.0 Å². The van der Waals surface area contributed by atoms with Crippen molar-refractivity contribution in [2.45, 2.75) is 20.3 Å². The fourth-order valence-electron chi connectivity index (χ4n) is 0.853. The van der Waals surface area contributed by atoms with Gasteiger partial charge in [0, 0.05) is 20.3 Å². The average molecular weight is 241 g/mol. The molecule has 0 aromatic rings. The summed E-state index contributed by atoms with van der Waals surface area (Å²) in [5.41, 5.74) is -1.32. The minimum atomic E-state index is -4.79. The third-order valence-electron chi connectivity index (χ3n) is 1.49. The molecule has 0 aliphatic heterocycles. The van der Waals surface area contributed by atoms with E-state index in [1.807, 2.05) is 0 Å². The summed E-state index contributed by atoms with van der Waals surface area (Å²) in [6.45, 7) is 3.90. The second-order valence-electron chi connectivity index (χ2n) is 2.66. The van der Waals surface area contributed by atoms with Crippen molar-refractivity contribution in [3.63, 3.8) is 0 Å². The molecule has 0 radical (unpaired) electrons. The molecule has 0 bridgehead atoms. The Hall–Kier alpha value is -0.460. The van der Waals surface area contributed by atoms with E-state index in [1.54, 1.807) is 13.8 Å². The summed E-state index contributed by atoms with van der Waals surface area (Å²) in [4.78, 5) is 29.2. The second kappa shape index (κ2) is 6.19. The summed E-state index contributed by atoms with van der Waals surface area (Å²) in [7, 11) is -3.58. The van der Waals surface area contributed by atoms with Gasteiger partial charge in [-0.25, -0.2) is 4.57 Å². The van der Waals surface area contributed by atoms with E-state index in [4.69, 9.17) is 19.3 Å². The highest BCUT2D eigenvalue weighted by molar-refractivity contribution is 7.69. The molecule has 0 atom stereocenters. The summed E-state index contributed by atoms with van der Waals surface area (Å²) in [5, 5.41) is 0. The maximum atomic E-state index is 11.2. The third-order valence-corrected chi connectivity index (χ3v) is 2.30. The van der Waals surface area contributed by atoms with Gasteiger partial charge in [0.1, 0.15) is 0 Å². The van der Waals surface area contributed by atoms with Crippen molar-refractivity contribution in [3.8, 4) is 0 Å². The molecule has 2 N–H and O–H groups in total. The van der Waals surface area contributed by atoms with Crippen molar-refractivity contribution >= 4 is 13.2 Å². The van der Waals surface area contributed by atoms with E-state index in [2.05, 4.69) is 0 Å². The van der Waals surface area contributed by atoms with Gasteiger partial charge in [-0.15, -0.1) is 0 Å². The van der Waals surface area contributed by atoms with Crippen LogP contribution in [0.3, 0.4) is 0 Å². The standard InChI is InChI=1S/C7H16NO6P/c1-4-13-7(14-5-2)8(3)6(9)15(10,11)12/h7H,4-5H2,1-3H3,(H2,10,11,12). The van der Waals surface area contributed by atoms with Crippen molar-refractivity contribution in [2.75, 3.05) is 20.3 Å². The minimum absolute atomic E-state index is 0.267. The van der Waals surface area contributed by atoms with Crippen LogP contribution in [0.4, 0.5) is 4.79 Å². The Bertz CT molecular complexity index is 246. The predicted molar refractivity (Wildman–Crippen MR) is 52.2 cm³/mol. The summed E-state index contributed by atoms with van der Waals surface area (Å²) < 4.78 is 20.7. The maximum absolute atomic E-state index is 11.2. The Kier molecular flexibility index (Phi) is 6.00. The zero-order chi connectivity index (χ0) is 12.1. The van der Waals surface area contributed by atoms with Crippen LogP contribution in [0.1, 0.15) is 13.8 Å². The number of hydrogen-bond acceptors (Lipinski definition) is 4. The molecule has 1 amide bonds. The van der Waals surface area contributed by atoms with Crippen LogP contribution in [0.25, 0.3) is 0 Å². The highest BCUT2D eigenvalue weighted by Crippen LogP contribution is 2.38. The van der Waals surface area contributed by atoms with Crippen LogP contribution in [0.15, 0.2) is 0 Å². The zero-order valence-electron chi connectivity index (χ0n) is 8.91. The highest BCUT2D eigenvalue weighted by Gasteiger charge is 2.34. The molecule has 90 valence electrons. The molecule has 0 fully saturated rings. The van der Waals surface area contributed by atoms with E-state index in [1.165, 1.54) is 7.05 Å². The number of hydrogen-bond donors (Lipinski definition) is 2. The summed E-state index contributed by atoms with van der Waals surface area (Å²) in [5.74, 6) is 0. The van der Waals surface area contributed by atoms with Gasteiger partial charge < -0.3 is 19.3 Å². The minimum Gasteiger partial charge on any atom is -0.335 e. The predicted octanol–water partition coefficient (Wildman–Crippen LogP) is 0.572. The first-order valence-corrected chi connectivity index (χ1v) is 6.01. The molecule has 0 unspecified atom stereocenters. The molecule has 0 saturated carbocycles. The Morgan fingerprint density at radius 2 is 1.73 bits per heavy atom. The lowest BCUT2D eigenvalue weighted by Gasteiger charge is -2.26. The molecule has 0 aliphatic rings. The lowest BCUT2D eigenvalue weighted by molar-refractivity contribution is -0.195. The van der Waals surface area contributed by atoms with Crippen molar-refractivity contribution in [2.24, 2.45) is 0 Å². The monoisotopic (exact) mass is 241 g/mol. The van der Waals surface area contributed by atoms with E-state index in [0.717, 1.165) is 4.90 Å². The molecule has 0 rings (SSSR count). The smallest absolute Gasteiger partial charge is 0.335 e. The molecule has 0 spiro atoms. The van der Waals surface area contributed by atoms with Crippen LogP contribution >= 0.6 is 7.60 Å². The summed E-state index contributed by atoms with van der Waals surface area (Å²) >= 11 is 0. The fourth-order valence-corrected chi connectivity index (χ4v) is 1.36. The molecule has 15 heavy (non-hydrogen) atoms. The fraction of sp³-hybridized carbons (Fsp3) is 0.857. The quantitative estimate of drug-likeness (QED) is 0.521. The summed E-state index contributed by atoms with van der Waals surface area (Å²) in [6.07, 6.45) is -1.07. The molecule has 0 aromatic heterocycles. The summed E-state index contributed by atoms with van der Waals surface area (Å²) in [6, 6.07) is 0. The van der Waals surface area contributed by atoms with Crippen LogP contribution in [0.5, 0.6) is 0 Å². The number of amides is 1. The van der Waals surface area contributed by atoms with Gasteiger partial charge in [-0.05, 0) is 13.8 Å². The molecule has 0 saturated heterocycles.